The monoisotopic (exact) mass is 212 g/mol. The van der Waals surface area contributed by atoms with Gasteiger partial charge in [-0.2, -0.15) is 0 Å². The van der Waals surface area contributed by atoms with Gasteiger partial charge in [0.25, 0.3) is 0 Å². The second-order valence-corrected chi connectivity index (χ2v) is 4.07. The molecule has 0 aromatic heterocycles. The maximum Gasteiger partial charge on any atom is 0.166 e. The summed E-state index contributed by atoms with van der Waals surface area (Å²) in [7, 11) is 0. The van der Waals surface area contributed by atoms with Gasteiger partial charge in [-0.3, -0.25) is 4.79 Å². The summed E-state index contributed by atoms with van der Waals surface area (Å²) < 4.78 is 13.1. The molecule has 0 bridgehead atoms. The number of hydrogen-bond donors (Lipinski definition) is 0. The molecule has 0 spiro atoms. The summed E-state index contributed by atoms with van der Waals surface area (Å²) in [6.07, 6.45) is 1.45. The Morgan fingerprint density at radius 1 is 1.50 bits per heavy atom. The van der Waals surface area contributed by atoms with Gasteiger partial charge in [-0.15, -0.1) is 0 Å². The summed E-state index contributed by atoms with van der Waals surface area (Å²) in [5.74, 6) is -0.329. The predicted octanol–water partition coefficient (Wildman–Crippen LogP) is 3.24. The lowest BCUT2D eigenvalue weighted by Gasteiger charge is -2.21. The fraction of sp³-hybridized carbons (Fsp3) is 0.364. The van der Waals surface area contributed by atoms with Crippen molar-refractivity contribution in [3.63, 3.8) is 0 Å². The Kier molecular flexibility index (Phi) is 2.31. The van der Waals surface area contributed by atoms with Gasteiger partial charge in [-0.05, 0) is 30.5 Å². The van der Waals surface area contributed by atoms with Crippen LogP contribution in [0.1, 0.15) is 29.3 Å². The van der Waals surface area contributed by atoms with E-state index < -0.39 is 5.82 Å². The van der Waals surface area contributed by atoms with E-state index in [1.165, 1.54) is 12.1 Å². The number of hydrogen-bond acceptors (Lipinski definition) is 1. The zero-order valence-corrected chi connectivity index (χ0v) is 8.57. The van der Waals surface area contributed by atoms with Crippen LogP contribution < -0.4 is 0 Å². The first-order valence-corrected chi connectivity index (χ1v) is 5.00. The molecule has 1 unspecified atom stereocenters. The molecule has 0 N–H and O–H groups in total. The molecule has 1 atom stereocenters. The van der Waals surface area contributed by atoms with E-state index in [1.807, 2.05) is 6.92 Å². The summed E-state index contributed by atoms with van der Waals surface area (Å²) in [6.45, 7) is 1.89. The zero-order valence-electron chi connectivity index (χ0n) is 7.81. The first kappa shape index (κ1) is 9.66. The fourth-order valence-corrected chi connectivity index (χ4v) is 2.08. The second-order valence-electron chi connectivity index (χ2n) is 3.69. The van der Waals surface area contributed by atoms with Gasteiger partial charge < -0.3 is 0 Å². The van der Waals surface area contributed by atoms with Crippen molar-refractivity contribution in [1.29, 1.82) is 0 Å². The Morgan fingerprint density at radius 3 is 2.93 bits per heavy atom. The molecule has 1 aliphatic rings. The molecule has 0 saturated carbocycles. The van der Waals surface area contributed by atoms with Crippen LogP contribution in [0.5, 0.6) is 0 Å². The number of benzene rings is 1. The number of carbonyl (C=O) groups excluding carboxylic acids is 1. The molecule has 14 heavy (non-hydrogen) atoms. The zero-order chi connectivity index (χ0) is 10.3. The predicted molar refractivity (Wildman–Crippen MR) is 53.2 cm³/mol. The molecule has 0 aliphatic heterocycles. The standard InChI is InChI=1S/C11H10ClFO/c1-6-2-3-7-8(11(6)14)4-5-9(13)10(7)12/h4-6H,2-3H2,1H3. The van der Waals surface area contributed by atoms with E-state index in [0.717, 1.165) is 6.42 Å². The lowest BCUT2D eigenvalue weighted by Crippen LogP contribution is -2.20. The molecule has 1 aliphatic carbocycles. The molecule has 0 radical (unpaired) electrons. The molecule has 0 saturated heterocycles. The van der Waals surface area contributed by atoms with Gasteiger partial charge in [0.05, 0.1) is 5.02 Å². The molecule has 0 fully saturated rings. The highest BCUT2D eigenvalue weighted by atomic mass is 35.5. The van der Waals surface area contributed by atoms with Gasteiger partial charge in [0.15, 0.2) is 5.78 Å². The quantitative estimate of drug-likeness (QED) is 0.645. The van der Waals surface area contributed by atoms with E-state index in [-0.39, 0.29) is 16.7 Å². The first-order valence-electron chi connectivity index (χ1n) is 4.62. The summed E-state index contributed by atoms with van der Waals surface area (Å²) in [5, 5.41) is 0.114. The highest BCUT2D eigenvalue weighted by Gasteiger charge is 2.26. The van der Waals surface area contributed by atoms with Crippen molar-refractivity contribution < 1.29 is 9.18 Å². The molecule has 1 aromatic rings. The summed E-state index contributed by atoms with van der Waals surface area (Å²) in [6, 6.07) is 2.80. The van der Waals surface area contributed by atoms with Crippen LogP contribution >= 0.6 is 11.6 Å². The van der Waals surface area contributed by atoms with Crippen LogP contribution in [0.15, 0.2) is 12.1 Å². The van der Waals surface area contributed by atoms with E-state index in [4.69, 9.17) is 11.6 Å². The Bertz CT molecular complexity index is 401. The highest BCUT2D eigenvalue weighted by Crippen LogP contribution is 2.31. The van der Waals surface area contributed by atoms with Crippen molar-refractivity contribution in [1.82, 2.24) is 0 Å². The van der Waals surface area contributed by atoms with Crippen molar-refractivity contribution in [3.05, 3.63) is 34.1 Å². The molecule has 2 rings (SSSR count). The van der Waals surface area contributed by atoms with Crippen LogP contribution in [0.4, 0.5) is 4.39 Å². The number of fused-ring (bicyclic) bond motifs is 1. The van der Waals surface area contributed by atoms with Crippen LogP contribution in [0.25, 0.3) is 0 Å². The van der Waals surface area contributed by atoms with E-state index in [2.05, 4.69) is 0 Å². The van der Waals surface area contributed by atoms with E-state index in [0.29, 0.717) is 17.5 Å². The minimum absolute atomic E-state index is 0.0315. The maximum absolute atomic E-state index is 13.1. The fourth-order valence-electron chi connectivity index (χ4n) is 1.83. The molecule has 1 aromatic carbocycles. The Hall–Kier alpha value is -0.890. The Balaban J connectivity index is 2.59. The van der Waals surface area contributed by atoms with Crippen LogP contribution in [0, 0.1) is 11.7 Å². The van der Waals surface area contributed by atoms with Gasteiger partial charge in [0.2, 0.25) is 0 Å². The molecule has 1 nitrogen and oxygen atoms in total. The lowest BCUT2D eigenvalue weighted by atomic mass is 9.84. The molecule has 0 heterocycles. The smallest absolute Gasteiger partial charge is 0.166 e. The van der Waals surface area contributed by atoms with Crippen LogP contribution in [-0.2, 0) is 6.42 Å². The minimum Gasteiger partial charge on any atom is -0.294 e. The third-order valence-corrected chi connectivity index (χ3v) is 3.15. The molecule has 0 amide bonds. The van der Waals surface area contributed by atoms with Crippen molar-refractivity contribution in [2.24, 2.45) is 5.92 Å². The highest BCUT2D eigenvalue weighted by molar-refractivity contribution is 6.32. The second kappa shape index (κ2) is 3.35. The lowest BCUT2D eigenvalue weighted by molar-refractivity contribution is 0.0913. The number of Topliss-reactive ketones (excluding diaryl/α,β-unsaturated/α-hetero) is 1. The van der Waals surface area contributed by atoms with Crippen molar-refractivity contribution in [3.8, 4) is 0 Å². The number of halogens is 2. The third kappa shape index (κ3) is 1.34. The number of rotatable bonds is 0. The number of carbonyl (C=O) groups is 1. The van der Waals surface area contributed by atoms with E-state index >= 15 is 0 Å². The SMILES string of the molecule is CC1CCc2c(ccc(F)c2Cl)C1=O. The topological polar surface area (TPSA) is 17.1 Å². The number of ketones is 1. The molecular weight excluding hydrogens is 203 g/mol. The van der Waals surface area contributed by atoms with Crippen LogP contribution in [-0.4, -0.2) is 5.78 Å². The average Bonchev–Trinajstić information content (AvgIpc) is 2.17. The molecular formula is C11H10ClFO. The third-order valence-electron chi connectivity index (χ3n) is 2.74. The van der Waals surface area contributed by atoms with Crippen LogP contribution in [0.2, 0.25) is 5.02 Å². The summed E-state index contributed by atoms with van der Waals surface area (Å²) in [4.78, 5) is 11.7. The van der Waals surface area contributed by atoms with Gasteiger partial charge in [-0.25, -0.2) is 4.39 Å². The van der Waals surface area contributed by atoms with E-state index in [1.54, 1.807) is 0 Å². The van der Waals surface area contributed by atoms with Crippen molar-refractivity contribution in [2.75, 3.05) is 0 Å². The maximum atomic E-state index is 13.1. The minimum atomic E-state index is -0.437. The van der Waals surface area contributed by atoms with Gasteiger partial charge in [0, 0.05) is 11.5 Å². The van der Waals surface area contributed by atoms with Crippen LogP contribution in [0.3, 0.4) is 0 Å². The largest absolute Gasteiger partial charge is 0.294 e. The normalized spacial score (nSPS) is 20.8. The Morgan fingerprint density at radius 2 is 2.21 bits per heavy atom. The molecule has 74 valence electrons. The van der Waals surface area contributed by atoms with Crippen molar-refractivity contribution in [2.45, 2.75) is 19.8 Å². The molecule has 3 heteroatoms. The van der Waals surface area contributed by atoms with E-state index in [9.17, 15) is 9.18 Å². The van der Waals surface area contributed by atoms with Crippen molar-refractivity contribution >= 4 is 17.4 Å². The van der Waals surface area contributed by atoms with Gasteiger partial charge in [0.1, 0.15) is 5.82 Å². The first-order chi connectivity index (χ1) is 6.61. The van der Waals surface area contributed by atoms with Gasteiger partial charge >= 0.3 is 0 Å². The average molecular weight is 213 g/mol. The summed E-state index contributed by atoms with van der Waals surface area (Å²) >= 11 is 5.80. The summed E-state index contributed by atoms with van der Waals surface area (Å²) in [5.41, 5.74) is 1.27. The van der Waals surface area contributed by atoms with Gasteiger partial charge in [-0.1, -0.05) is 18.5 Å². The Labute approximate surface area is 86.9 Å².